The van der Waals surface area contributed by atoms with Crippen LogP contribution >= 0.6 is 0 Å². The summed E-state index contributed by atoms with van der Waals surface area (Å²) in [5.41, 5.74) is -1.47. The van der Waals surface area contributed by atoms with E-state index in [4.69, 9.17) is 38.2 Å². The topological polar surface area (TPSA) is 94.2 Å². The third-order valence-electron chi connectivity index (χ3n) is 14.5. The summed E-state index contributed by atoms with van der Waals surface area (Å²) in [7, 11) is 0. The van der Waals surface area contributed by atoms with E-state index >= 15 is 0 Å². The van der Waals surface area contributed by atoms with Crippen LogP contribution in [0.4, 0.5) is 13.2 Å². The fourth-order valence-corrected chi connectivity index (χ4v) is 11.7. The predicted octanol–water partition coefficient (Wildman–Crippen LogP) is 7.01. The van der Waals surface area contributed by atoms with Crippen LogP contribution in [0.3, 0.4) is 0 Å². The van der Waals surface area contributed by atoms with Gasteiger partial charge in [0.1, 0.15) is 11.9 Å². The van der Waals surface area contributed by atoms with Crippen LogP contribution in [0.1, 0.15) is 106 Å². The molecular weight excluding hydrogens is 671 g/mol. The van der Waals surface area contributed by atoms with Gasteiger partial charge in [0.25, 0.3) is 0 Å². The van der Waals surface area contributed by atoms with Gasteiger partial charge in [-0.1, -0.05) is 20.8 Å². The number of unbranched alkanes of at least 4 members (excludes halogenated alkanes) is 1. The van der Waals surface area contributed by atoms with Crippen molar-refractivity contribution in [1.29, 1.82) is 0 Å². The number of halogens is 3. The summed E-state index contributed by atoms with van der Waals surface area (Å²) >= 11 is 0. The second kappa shape index (κ2) is 12.6. The Morgan fingerprint density at radius 2 is 1.51 bits per heavy atom. The van der Waals surface area contributed by atoms with E-state index in [0.717, 1.165) is 44.8 Å². The van der Waals surface area contributed by atoms with Crippen molar-refractivity contribution in [3.63, 3.8) is 0 Å². The summed E-state index contributed by atoms with van der Waals surface area (Å²) in [5.74, 6) is -3.13. The Balaban J connectivity index is 0.945. The first-order chi connectivity index (χ1) is 24.1. The highest BCUT2D eigenvalue weighted by Crippen LogP contribution is 2.65. The highest BCUT2D eigenvalue weighted by Gasteiger charge is 2.73. The van der Waals surface area contributed by atoms with Crippen LogP contribution in [0, 0.1) is 41.4 Å². The molecule has 4 bridgehead atoms. The molecule has 10 nitrogen and oxygen atoms in total. The van der Waals surface area contributed by atoms with Crippen molar-refractivity contribution in [3.05, 3.63) is 11.3 Å². The molecule has 51 heavy (non-hydrogen) atoms. The van der Waals surface area contributed by atoms with Crippen molar-refractivity contribution in [2.75, 3.05) is 26.2 Å². The molecule has 2 spiro atoms. The number of allylic oxidation sites excluding steroid dienone is 1. The third-order valence-corrected chi connectivity index (χ3v) is 14.5. The minimum atomic E-state index is -4.70. The monoisotopic (exact) mass is 727 g/mol. The summed E-state index contributed by atoms with van der Waals surface area (Å²) < 4.78 is 82.4. The lowest BCUT2D eigenvalue weighted by atomic mass is 9.57. The molecule has 0 aromatic heterocycles. The van der Waals surface area contributed by atoms with Gasteiger partial charge < -0.3 is 33.2 Å². The van der Waals surface area contributed by atoms with E-state index in [0.29, 0.717) is 44.8 Å². The largest absolute Gasteiger partial charge is 0.456 e. The number of rotatable bonds is 10. The molecule has 0 aromatic carbocycles. The van der Waals surface area contributed by atoms with Crippen LogP contribution < -0.4 is 0 Å². The van der Waals surface area contributed by atoms with E-state index in [9.17, 15) is 18.0 Å². The summed E-state index contributed by atoms with van der Waals surface area (Å²) in [6.07, 6.45) is 2.09. The molecule has 9 rings (SSSR count). The number of nitrogens with zero attached hydrogens (tertiary/aromatic N) is 1. The van der Waals surface area contributed by atoms with Crippen molar-refractivity contribution >= 4 is 6.29 Å². The lowest BCUT2D eigenvalue weighted by Gasteiger charge is -2.62. The zero-order valence-electron chi connectivity index (χ0n) is 30.9. The zero-order chi connectivity index (χ0) is 36.2. The fraction of sp³-hybridized carbons (Fsp3) is 0.921. The van der Waals surface area contributed by atoms with E-state index < -0.39 is 59.0 Å². The van der Waals surface area contributed by atoms with Gasteiger partial charge in [0.2, 0.25) is 17.8 Å². The Labute approximate surface area is 299 Å². The van der Waals surface area contributed by atoms with Gasteiger partial charge >= 0.3 is 6.18 Å². The molecule has 7 aliphatic heterocycles. The molecule has 14 atom stereocenters. The van der Waals surface area contributed by atoms with Gasteiger partial charge in [0.15, 0.2) is 23.5 Å². The molecule has 288 valence electrons. The maximum absolute atomic E-state index is 14.7. The highest BCUT2D eigenvalue weighted by molar-refractivity contribution is 5.52. The Morgan fingerprint density at radius 1 is 0.824 bits per heavy atom. The molecule has 0 amide bonds. The molecular formula is C38H56F3NO9. The number of carbonyl (C=O) groups is 1. The third kappa shape index (κ3) is 5.68. The highest BCUT2D eigenvalue weighted by atomic mass is 19.4. The van der Waals surface area contributed by atoms with Crippen LogP contribution in [0.25, 0.3) is 0 Å². The summed E-state index contributed by atoms with van der Waals surface area (Å²) in [4.78, 5) is 25.9. The molecule has 2 aliphatic carbocycles. The maximum atomic E-state index is 14.7. The van der Waals surface area contributed by atoms with Crippen molar-refractivity contribution in [3.8, 4) is 0 Å². The summed E-state index contributed by atoms with van der Waals surface area (Å²) in [6.45, 7) is 13.1. The van der Waals surface area contributed by atoms with Gasteiger partial charge in [-0.05, 0) is 108 Å². The number of carbonyl (C=O) groups excluding carboxylic acids is 1. The number of fused-ring (bicyclic) bond motifs is 3. The van der Waals surface area contributed by atoms with E-state index in [2.05, 4.69) is 20.8 Å². The van der Waals surface area contributed by atoms with Crippen molar-refractivity contribution in [1.82, 2.24) is 4.90 Å². The lowest BCUT2D eigenvalue weighted by Crippen LogP contribution is -2.72. The molecule has 0 radical (unpaired) electrons. The van der Waals surface area contributed by atoms with E-state index in [-0.39, 0.29) is 48.3 Å². The Hall–Kier alpha value is -1.32. The summed E-state index contributed by atoms with van der Waals surface area (Å²) in [6, 6.07) is 0. The minimum absolute atomic E-state index is 0.00216. The molecule has 13 heteroatoms. The molecule has 0 N–H and O–H groups in total. The van der Waals surface area contributed by atoms with Gasteiger partial charge in [-0.2, -0.15) is 13.2 Å². The zero-order valence-corrected chi connectivity index (χ0v) is 30.9. The van der Waals surface area contributed by atoms with Crippen LogP contribution in [0.2, 0.25) is 0 Å². The Bertz CT molecular complexity index is 1400. The average molecular weight is 728 g/mol. The first-order valence-electron chi connectivity index (χ1n) is 19.4. The van der Waals surface area contributed by atoms with Crippen molar-refractivity contribution in [2.24, 2.45) is 41.4 Å². The number of aldehydes is 1. The second-order valence-corrected chi connectivity index (χ2v) is 17.6. The molecule has 2 saturated carbocycles. The number of alkyl halides is 3. The second-order valence-electron chi connectivity index (χ2n) is 17.6. The van der Waals surface area contributed by atoms with Gasteiger partial charge in [0.05, 0.1) is 13.2 Å². The first-order valence-corrected chi connectivity index (χ1v) is 19.4. The van der Waals surface area contributed by atoms with Gasteiger partial charge in [-0.15, -0.1) is 0 Å². The molecule has 8 fully saturated rings. The van der Waals surface area contributed by atoms with Crippen molar-refractivity contribution < 1.29 is 56.2 Å². The smallest absolute Gasteiger partial charge is 0.449 e. The normalized spacial score (nSPS) is 50.0. The quantitative estimate of drug-likeness (QED) is 0.133. The van der Waals surface area contributed by atoms with E-state index in [1.165, 1.54) is 0 Å². The average Bonchev–Trinajstić information content (AvgIpc) is 3.13. The van der Waals surface area contributed by atoms with Crippen molar-refractivity contribution in [2.45, 2.75) is 153 Å². The number of hydrogen-bond donors (Lipinski definition) is 0. The van der Waals surface area contributed by atoms with Crippen LogP contribution in [-0.4, -0.2) is 84.7 Å². The van der Waals surface area contributed by atoms with Gasteiger partial charge in [0, 0.05) is 37.1 Å². The standard InChI is InChI=1S/C38H56F3NO9/c1-22-10-12-29-25(30(38(39,40)41)45-31-36(29)26(22)13-15-33(4,46-31)49-36)21-42(18-19-43)17-7-8-20-44-35(6)24(3)28-11-9-23(2)27-14-16-34(5)47-32(48-35)37(27,28)51-50-34/h19,22-24,26-29,31-32H,7-18,20-21H2,1-6H3/t22-,23-,24-,26?,27?,28+,29+,31-,32+,33-,34+,35+,36-,37-/m1/s1. The maximum Gasteiger partial charge on any atom is 0.449 e. The lowest BCUT2D eigenvalue weighted by molar-refractivity contribution is -0.585. The predicted molar refractivity (Wildman–Crippen MR) is 175 cm³/mol. The minimum Gasteiger partial charge on any atom is -0.456 e. The molecule has 0 aromatic rings. The van der Waals surface area contributed by atoms with Gasteiger partial charge in [-0.3, -0.25) is 4.90 Å². The van der Waals surface area contributed by atoms with E-state index in [1.54, 1.807) is 4.90 Å². The fourth-order valence-electron chi connectivity index (χ4n) is 11.7. The Morgan fingerprint density at radius 3 is 2.24 bits per heavy atom. The molecule has 6 saturated heterocycles. The summed E-state index contributed by atoms with van der Waals surface area (Å²) in [5, 5.41) is 0. The number of ether oxygens (including phenoxy) is 6. The SMILES string of the molecule is C[C@@H]1CC[C@H]2C(CN(CC=O)CCCCO[C@@]3(C)O[C@@H]4O[C@]5(C)CCC6[C@H](C)CC[C@@H]([C@H]3C)[C@]64OO5)=C(C(F)(F)F)O[C@@H]3O[C@@]4(C)CCC1[C@]32O4. The first kappa shape index (κ1) is 36.6. The molecule has 7 heterocycles. The number of hydrogen-bond acceptors (Lipinski definition) is 10. The molecule has 9 aliphatic rings. The van der Waals surface area contributed by atoms with Crippen LogP contribution in [-0.2, 0) is 43.0 Å². The molecule has 2 unspecified atom stereocenters. The van der Waals surface area contributed by atoms with Crippen LogP contribution in [0.5, 0.6) is 0 Å². The van der Waals surface area contributed by atoms with Gasteiger partial charge in [-0.25, -0.2) is 9.78 Å². The Kier molecular flexibility index (Phi) is 9.06. The van der Waals surface area contributed by atoms with E-state index in [1.807, 2.05) is 20.8 Å². The van der Waals surface area contributed by atoms with Crippen LogP contribution in [0.15, 0.2) is 11.3 Å².